The molecule has 84 valence electrons. The molecule has 5 nitrogen and oxygen atoms in total. The highest BCUT2D eigenvalue weighted by Gasteiger charge is 2.07. The number of hydrogen-bond acceptors (Lipinski definition) is 4. The summed E-state index contributed by atoms with van der Waals surface area (Å²) >= 11 is 5.86. The van der Waals surface area contributed by atoms with Gasteiger partial charge in [0.25, 0.3) is 5.56 Å². The molecule has 0 aliphatic rings. The van der Waals surface area contributed by atoms with Gasteiger partial charge in [0.05, 0.1) is 11.9 Å². The Kier molecular flexibility index (Phi) is 4.58. The molecular formula is C9H14ClN3O2. The van der Waals surface area contributed by atoms with Crippen molar-refractivity contribution >= 4 is 17.3 Å². The lowest BCUT2D eigenvalue weighted by Crippen LogP contribution is -2.23. The first-order valence-electron chi connectivity index (χ1n) is 4.81. The predicted octanol–water partition coefficient (Wildman–Crippen LogP) is 0.711. The molecule has 0 saturated carbocycles. The van der Waals surface area contributed by atoms with E-state index >= 15 is 0 Å². The van der Waals surface area contributed by atoms with Gasteiger partial charge in [0.2, 0.25) is 0 Å². The van der Waals surface area contributed by atoms with E-state index in [4.69, 9.17) is 16.7 Å². The molecule has 0 radical (unpaired) electrons. The summed E-state index contributed by atoms with van der Waals surface area (Å²) in [4.78, 5) is 11.5. The molecule has 0 atom stereocenters. The Bertz CT molecular complexity index is 378. The van der Waals surface area contributed by atoms with Gasteiger partial charge in [-0.1, -0.05) is 11.6 Å². The van der Waals surface area contributed by atoms with Crippen molar-refractivity contribution in [1.29, 1.82) is 0 Å². The predicted molar refractivity (Wildman–Crippen MR) is 59.4 cm³/mol. The van der Waals surface area contributed by atoms with Gasteiger partial charge in [-0.15, -0.1) is 0 Å². The first-order chi connectivity index (χ1) is 7.20. The molecule has 0 aromatic carbocycles. The Morgan fingerprint density at radius 2 is 2.40 bits per heavy atom. The molecule has 0 fully saturated rings. The Morgan fingerprint density at radius 1 is 1.67 bits per heavy atom. The van der Waals surface area contributed by atoms with Gasteiger partial charge in [-0.05, 0) is 13.3 Å². The molecular weight excluding hydrogens is 218 g/mol. The lowest BCUT2D eigenvalue weighted by Gasteiger charge is -2.08. The third-order valence-corrected chi connectivity index (χ3v) is 2.30. The summed E-state index contributed by atoms with van der Waals surface area (Å²) in [5, 5.41) is 15.6. The van der Waals surface area contributed by atoms with E-state index in [2.05, 4.69) is 10.4 Å². The molecule has 1 aromatic heterocycles. The van der Waals surface area contributed by atoms with E-state index in [1.54, 1.807) is 0 Å². The van der Waals surface area contributed by atoms with E-state index in [1.807, 2.05) is 6.92 Å². The molecule has 0 aliphatic carbocycles. The van der Waals surface area contributed by atoms with Crippen LogP contribution in [0.5, 0.6) is 0 Å². The SMILES string of the molecule is CCn1ncc(NCCCO)c(Cl)c1=O. The summed E-state index contributed by atoms with van der Waals surface area (Å²) in [6.45, 7) is 2.98. The zero-order valence-electron chi connectivity index (χ0n) is 8.53. The fraction of sp³-hybridized carbons (Fsp3) is 0.556. The van der Waals surface area contributed by atoms with E-state index in [-0.39, 0.29) is 17.2 Å². The van der Waals surface area contributed by atoms with Crippen LogP contribution in [0, 0.1) is 0 Å². The van der Waals surface area contributed by atoms with Crippen LogP contribution in [0.2, 0.25) is 5.02 Å². The highest BCUT2D eigenvalue weighted by Crippen LogP contribution is 2.14. The number of halogens is 1. The smallest absolute Gasteiger partial charge is 0.287 e. The van der Waals surface area contributed by atoms with Gasteiger partial charge in [0, 0.05) is 19.7 Å². The van der Waals surface area contributed by atoms with Crippen molar-refractivity contribution in [3.8, 4) is 0 Å². The summed E-state index contributed by atoms with van der Waals surface area (Å²) in [6.07, 6.45) is 2.12. The Morgan fingerprint density at radius 3 is 3.00 bits per heavy atom. The van der Waals surface area contributed by atoms with Crippen LogP contribution in [-0.2, 0) is 6.54 Å². The van der Waals surface area contributed by atoms with E-state index in [9.17, 15) is 4.79 Å². The Balaban J connectivity index is 2.82. The minimum Gasteiger partial charge on any atom is -0.396 e. The van der Waals surface area contributed by atoms with Crippen molar-refractivity contribution in [2.75, 3.05) is 18.5 Å². The largest absolute Gasteiger partial charge is 0.396 e. The van der Waals surface area contributed by atoms with Crippen LogP contribution in [0.3, 0.4) is 0 Å². The molecule has 0 aliphatic heterocycles. The lowest BCUT2D eigenvalue weighted by atomic mass is 10.4. The molecule has 0 amide bonds. The van der Waals surface area contributed by atoms with Gasteiger partial charge in [-0.2, -0.15) is 5.10 Å². The van der Waals surface area contributed by atoms with Gasteiger partial charge in [-0.3, -0.25) is 4.79 Å². The van der Waals surface area contributed by atoms with Gasteiger partial charge in [-0.25, -0.2) is 4.68 Å². The van der Waals surface area contributed by atoms with Crippen LogP contribution in [0.1, 0.15) is 13.3 Å². The second-order valence-corrected chi connectivity index (χ2v) is 3.38. The first kappa shape index (κ1) is 12.0. The molecule has 6 heteroatoms. The van der Waals surface area contributed by atoms with Crippen molar-refractivity contribution < 1.29 is 5.11 Å². The van der Waals surface area contributed by atoms with Crippen molar-refractivity contribution in [2.45, 2.75) is 19.9 Å². The minimum absolute atomic E-state index is 0.101. The van der Waals surface area contributed by atoms with E-state index in [0.717, 1.165) is 0 Å². The normalized spacial score (nSPS) is 10.3. The zero-order chi connectivity index (χ0) is 11.3. The highest BCUT2D eigenvalue weighted by atomic mass is 35.5. The monoisotopic (exact) mass is 231 g/mol. The molecule has 1 heterocycles. The number of aliphatic hydroxyl groups excluding tert-OH is 1. The van der Waals surface area contributed by atoms with E-state index in [0.29, 0.717) is 25.2 Å². The van der Waals surface area contributed by atoms with Crippen molar-refractivity contribution in [3.63, 3.8) is 0 Å². The standard InChI is InChI=1S/C9H14ClN3O2/c1-2-13-9(15)8(10)7(6-12-13)11-4-3-5-14/h6,11,14H,2-5H2,1H3. The minimum atomic E-state index is -0.298. The molecule has 0 bridgehead atoms. The van der Waals surface area contributed by atoms with Crippen LogP contribution in [-0.4, -0.2) is 28.0 Å². The van der Waals surface area contributed by atoms with Gasteiger partial charge >= 0.3 is 0 Å². The molecule has 2 N–H and O–H groups in total. The van der Waals surface area contributed by atoms with E-state index in [1.165, 1.54) is 10.9 Å². The fourth-order valence-corrected chi connectivity index (χ4v) is 1.33. The topological polar surface area (TPSA) is 67.2 Å². The number of nitrogens with zero attached hydrogens (tertiary/aromatic N) is 2. The molecule has 0 unspecified atom stereocenters. The number of nitrogens with one attached hydrogen (secondary N) is 1. The number of hydrogen-bond donors (Lipinski definition) is 2. The number of aromatic nitrogens is 2. The van der Waals surface area contributed by atoms with Gasteiger partial charge in [0.15, 0.2) is 0 Å². The van der Waals surface area contributed by atoms with Crippen molar-refractivity contribution in [2.24, 2.45) is 0 Å². The quantitative estimate of drug-likeness (QED) is 0.733. The molecule has 0 saturated heterocycles. The summed E-state index contributed by atoms with van der Waals surface area (Å²) in [5.41, 5.74) is 0.216. The van der Waals surface area contributed by atoms with Gasteiger partial charge < -0.3 is 10.4 Å². The first-order valence-corrected chi connectivity index (χ1v) is 5.18. The van der Waals surface area contributed by atoms with Crippen LogP contribution >= 0.6 is 11.6 Å². The number of aryl methyl sites for hydroxylation is 1. The van der Waals surface area contributed by atoms with E-state index < -0.39 is 0 Å². The molecule has 1 rings (SSSR count). The maximum Gasteiger partial charge on any atom is 0.287 e. The zero-order valence-corrected chi connectivity index (χ0v) is 9.29. The highest BCUT2D eigenvalue weighted by molar-refractivity contribution is 6.32. The number of aliphatic hydroxyl groups is 1. The third-order valence-electron chi connectivity index (χ3n) is 1.93. The van der Waals surface area contributed by atoms with Crippen LogP contribution < -0.4 is 10.9 Å². The van der Waals surface area contributed by atoms with Gasteiger partial charge in [0.1, 0.15) is 5.02 Å². The molecule has 0 spiro atoms. The van der Waals surface area contributed by atoms with Crippen LogP contribution in [0.4, 0.5) is 5.69 Å². The summed E-state index contributed by atoms with van der Waals surface area (Å²) in [6, 6.07) is 0. The summed E-state index contributed by atoms with van der Waals surface area (Å²) < 4.78 is 1.29. The fourth-order valence-electron chi connectivity index (χ4n) is 1.12. The average molecular weight is 232 g/mol. The summed E-state index contributed by atoms with van der Waals surface area (Å²) in [5.74, 6) is 0. The molecule has 1 aromatic rings. The van der Waals surface area contributed by atoms with Crippen LogP contribution in [0.25, 0.3) is 0 Å². The summed E-state index contributed by atoms with van der Waals surface area (Å²) in [7, 11) is 0. The Hall–Kier alpha value is -1.07. The lowest BCUT2D eigenvalue weighted by molar-refractivity contribution is 0.292. The average Bonchev–Trinajstić information content (AvgIpc) is 2.25. The second kappa shape index (κ2) is 5.72. The van der Waals surface area contributed by atoms with Crippen LogP contribution in [0.15, 0.2) is 11.0 Å². The van der Waals surface area contributed by atoms with Crippen molar-refractivity contribution in [3.05, 3.63) is 21.6 Å². The number of rotatable bonds is 5. The number of anilines is 1. The third kappa shape index (κ3) is 2.94. The maximum absolute atomic E-state index is 11.5. The maximum atomic E-state index is 11.5. The Labute approximate surface area is 92.7 Å². The second-order valence-electron chi connectivity index (χ2n) is 3.00. The molecule has 15 heavy (non-hydrogen) atoms. The van der Waals surface area contributed by atoms with Crippen molar-refractivity contribution in [1.82, 2.24) is 9.78 Å².